The number of carbonyl (C=O) groups is 4. The van der Waals surface area contributed by atoms with Gasteiger partial charge in [0.2, 0.25) is 0 Å². The van der Waals surface area contributed by atoms with Gasteiger partial charge in [-0.15, -0.1) is 0 Å². The molecular weight excluding hydrogens is 853 g/mol. The summed E-state index contributed by atoms with van der Waals surface area (Å²) in [4.78, 5) is 50.8. The quantitative estimate of drug-likeness (QED) is 0.0229. The number of rotatable bonds is 42. The van der Waals surface area contributed by atoms with Gasteiger partial charge in [0.15, 0.2) is 24.6 Å². The molecule has 0 aromatic carbocycles. The summed E-state index contributed by atoms with van der Waals surface area (Å²) in [7, 11) is 0. The van der Waals surface area contributed by atoms with Gasteiger partial charge in [-0.1, -0.05) is 171 Å². The Bertz CT molecular complexity index is 1450. The van der Waals surface area contributed by atoms with Gasteiger partial charge in [0.1, 0.15) is 18.8 Å². The average Bonchev–Trinajstić information content (AvgIpc) is 3.31. The molecule has 382 valence electrons. The smallest absolute Gasteiger partial charge is 0.335 e. The number of carboxylic acid groups (broad SMARTS) is 1. The van der Waals surface area contributed by atoms with Crippen LogP contribution in [0.25, 0.3) is 0 Å². The van der Waals surface area contributed by atoms with E-state index in [1.807, 2.05) is 0 Å². The van der Waals surface area contributed by atoms with E-state index in [2.05, 4.69) is 93.7 Å². The summed E-state index contributed by atoms with van der Waals surface area (Å²) in [6.07, 6.45) is 40.5. The lowest BCUT2D eigenvalue weighted by molar-refractivity contribution is -0.301. The zero-order chi connectivity index (χ0) is 49.0. The standard InChI is InChI=1S/C55H90O12/c1-4-7-10-13-16-19-22-24-27-29-32-35-38-41-47(56)63-44-46(65-48(57)42-39-36-33-31-28-25-23-20-17-14-11-8-5-2)45-64-55-53(51(60)50(59)52(67-55)54(61)62)66-49(58)43-40-37-34-30-26-21-18-15-12-9-6-3/h7-8,10-11,16-17,19-20,24-25,27-28,46,50-53,55,59-60H,4-6,9,12-15,18,21-23,26,29-45H2,1-3H3,(H,61,62)/b10-7-,11-8-,19-16-,20-17-,27-24-,28-25-. The number of aliphatic carboxylic acids is 1. The third-order valence-electron chi connectivity index (χ3n) is 11.3. The number of allylic oxidation sites excluding steroid dienone is 12. The van der Waals surface area contributed by atoms with Gasteiger partial charge in [0, 0.05) is 19.3 Å². The zero-order valence-electron chi connectivity index (χ0n) is 41.6. The molecule has 0 radical (unpaired) electrons. The molecule has 0 spiro atoms. The first-order valence-electron chi connectivity index (χ1n) is 25.9. The van der Waals surface area contributed by atoms with Gasteiger partial charge >= 0.3 is 23.9 Å². The third kappa shape index (κ3) is 34.2. The highest BCUT2D eigenvalue weighted by Crippen LogP contribution is 2.26. The fraction of sp³-hybridized carbons (Fsp3) is 0.709. The second kappa shape index (κ2) is 43.4. The fourth-order valence-corrected chi connectivity index (χ4v) is 7.34. The van der Waals surface area contributed by atoms with Gasteiger partial charge in [-0.05, 0) is 83.5 Å². The second-order valence-corrected chi connectivity index (χ2v) is 17.4. The van der Waals surface area contributed by atoms with E-state index in [1.165, 1.54) is 38.5 Å². The first-order valence-corrected chi connectivity index (χ1v) is 25.9. The fourth-order valence-electron chi connectivity index (χ4n) is 7.34. The lowest BCUT2D eigenvalue weighted by Gasteiger charge is -2.40. The van der Waals surface area contributed by atoms with Crippen LogP contribution in [0, 0.1) is 0 Å². The number of carboxylic acids is 1. The molecule has 1 rings (SSSR count). The molecule has 6 atom stereocenters. The van der Waals surface area contributed by atoms with E-state index >= 15 is 0 Å². The predicted octanol–water partition coefficient (Wildman–Crippen LogP) is 12.2. The molecular formula is C55H90O12. The Balaban J connectivity index is 2.78. The van der Waals surface area contributed by atoms with E-state index in [-0.39, 0.29) is 25.9 Å². The molecule has 0 aliphatic carbocycles. The molecule has 3 N–H and O–H groups in total. The molecule has 12 nitrogen and oxygen atoms in total. The molecule has 0 bridgehead atoms. The Morgan fingerprint density at radius 3 is 1.43 bits per heavy atom. The highest BCUT2D eigenvalue weighted by Gasteiger charge is 2.50. The number of hydrogen-bond acceptors (Lipinski definition) is 11. The van der Waals surface area contributed by atoms with E-state index < -0.39 is 67.3 Å². The Morgan fingerprint density at radius 2 is 0.940 bits per heavy atom. The van der Waals surface area contributed by atoms with Crippen LogP contribution >= 0.6 is 0 Å². The van der Waals surface area contributed by atoms with Gasteiger partial charge in [0.05, 0.1) is 6.61 Å². The van der Waals surface area contributed by atoms with Crippen LogP contribution in [0.1, 0.15) is 201 Å². The number of aliphatic hydroxyl groups is 2. The molecule has 67 heavy (non-hydrogen) atoms. The van der Waals surface area contributed by atoms with Crippen molar-refractivity contribution in [3.63, 3.8) is 0 Å². The van der Waals surface area contributed by atoms with E-state index in [4.69, 9.17) is 23.7 Å². The summed E-state index contributed by atoms with van der Waals surface area (Å²) in [5, 5.41) is 31.3. The van der Waals surface area contributed by atoms with Crippen LogP contribution in [0.5, 0.6) is 0 Å². The minimum absolute atomic E-state index is 0.0537. The summed E-state index contributed by atoms with van der Waals surface area (Å²) in [6, 6.07) is 0. The zero-order valence-corrected chi connectivity index (χ0v) is 41.6. The number of ether oxygens (including phenoxy) is 5. The summed E-state index contributed by atoms with van der Waals surface area (Å²) < 4.78 is 28.2. The largest absolute Gasteiger partial charge is 0.479 e. The molecule has 12 heteroatoms. The van der Waals surface area contributed by atoms with Gasteiger partial charge in [0.25, 0.3) is 0 Å². The first-order chi connectivity index (χ1) is 32.6. The minimum atomic E-state index is -1.91. The Hall–Kier alpha value is -3.84. The van der Waals surface area contributed by atoms with Gasteiger partial charge < -0.3 is 39.0 Å². The Morgan fingerprint density at radius 1 is 0.507 bits per heavy atom. The van der Waals surface area contributed by atoms with Crippen LogP contribution in [-0.4, -0.2) is 89.2 Å². The molecule has 1 aliphatic heterocycles. The normalized spacial score (nSPS) is 19.4. The maximum Gasteiger partial charge on any atom is 0.335 e. The maximum atomic E-state index is 13.0. The molecule has 1 aliphatic rings. The van der Waals surface area contributed by atoms with Crippen LogP contribution in [0.2, 0.25) is 0 Å². The van der Waals surface area contributed by atoms with Crippen molar-refractivity contribution < 1.29 is 58.2 Å². The topological polar surface area (TPSA) is 175 Å². The summed E-state index contributed by atoms with van der Waals surface area (Å²) in [5.41, 5.74) is 0. The van der Waals surface area contributed by atoms with Crippen molar-refractivity contribution in [3.8, 4) is 0 Å². The number of esters is 3. The molecule has 0 amide bonds. The van der Waals surface area contributed by atoms with Crippen molar-refractivity contribution in [3.05, 3.63) is 72.9 Å². The van der Waals surface area contributed by atoms with E-state index in [0.717, 1.165) is 103 Å². The van der Waals surface area contributed by atoms with Crippen molar-refractivity contribution in [2.45, 2.75) is 237 Å². The monoisotopic (exact) mass is 943 g/mol. The Kier molecular flexibility index (Phi) is 39.7. The lowest BCUT2D eigenvalue weighted by Crippen LogP contribution is -2.61. The number of hydrogen-bond donors (Lipinski definition) is 3. The molecule has 6 unspecified atom stereocenters. The number of unbranched alkanes of at least 4 members (excludes halogenated alkanes) is 16. The lowest BCUT2D eigenvalue weighted by atomic mass is 9.98. The third-order valence-corrected chi connectivity index (χ3v) is 11.3. The molecule has 0 saturated carbocycles. The minimum Gasteiger partial charge on any atom is -0.479 e. The van der Waals surface area contributed by atoms with Crippen LogP contribution < -0.4 is 0 Å². The average molecular weight is 943 g/mol. The van der Waals surface area contributed by atoms with Crippen molar-refractivity contribution >= 4 is 23.9 Å². The van der Waals surface area contributed by atoms with Crippen molar-refractivity contribution in [2.75, 3.05) is 13.2 Å². The SMILES string of the molecule is CC/C=C\C/C=C\C/C=C\CCCCCC(=O)OCC(COC1OC(C(=O)O)C(O)C(O)C1OC(=O)CCCCCCCCCCCCC)OC(=O)CCCCC/C=C\C/C=C\C/C=C\CC. The van der Waals surface area contributed by atoms with Gasteiger partial charge in [-0.3, -0.25) is 14.4 Å². The highest BCUT2D eigenvalue weighted by molar-refractivity contribution is 5.74. The van der Waals surface area contributed by atoms with E-state index in [1.54, 1.807) is 0 Å². The molecule has 1 saturated heterocycles. The first kappa shape index (κ1) is 61.2. The number of aliphatic hydroxyl groups excluding tert-OH is 2. The number of carbonyl (C=O) groups excluding carboxylic acids is 3. The van der Waals surface area contributed by atoms with Crippen molar-refractivity contribution in [1.82, 2.24) is 0 Å². The summed E-state index contributed by atoms with van der Waals surface area (Å²) in [5.74, 6) is -3.21. The molecule has 0 aromatic heterocycles. The predicted molar refractivity (Wildman–Crippen MR) is 266 cm³/mol. The van der Waals surface area contributed by atoms with Crippen LogP contribution in [0.15, 0.2) is 72.9 Å². The van der Waals surface area contributed by atoms with Crippen LogP contribution in [0.3, 0.4) is 0 Å². The van der Waals surface area contributed by atoms with Gasteiger partial charge in [-0.2, -0.15) is 0 Å². The highest BCUT2D eigenvalue weighted by atomic mass is 16.7. The van der Waals surface area contributed by atoms with Crippen LogP contribution in [-0.2, 0) is 42.9 Å². The maximum absolute atomic E-state index is 13.0. The molecule has 1 heterocycles. The molecule has 1 fully saturated rings. The van der Waals surface area contributed by atoms with Crippen molar-refractivity contribution in [1.29, 1.82) is 0 Å². The Labute approximate surface area is 404 Å². The second-order valence-electron chi connectivity index (χ2n) is 17.4. The van der Waals surface area contributed by atoms with Crippen LogP contribution in [0.4, 0.5) is 0 Å². The van der Waals surface area contributed by atoms with Crippen molar-refractivity contribution in [2.24, 2.45) is 0 Å². The van der Waals surface area contributed by atoms with E-state index in [9.17, 15) is 34.5 Å². The summed E-state index contributed by atoms with van der Waals surface area (Å²) >= 11 is 0. The summed E-state index contributed by atoms with van der Waals surface area (Å²) in [6.45, 7) is 5.66. The molecule has 0 aromatic rings. The van der Waals surface area contributed by atoms with Gasteiger partial charge in [-0.25, -0.2) is 4.79 Å². The van der Waals surface area contributed by atoms with E-state index in [0.29, 0.717) is 19.3 Å².